The first kappa shape index (κ1) is 57.0. The van der Waals surface area contributed by atoms with Gasteiger partial charge in [-0.05, 0) is 124 Å². The molecule has 8 heteroatoms. The van der Waals surface area contributed by atoms with Crippen molar-refractivity contribution in [1.82, 2.24) is 29.9 Å². The maximum Gasteiger partial charge on any atom is 0.165 e. The molecule has 0 aliphatic heterocycles. The van der Waals surface area contributed by atoms with E-state index < -0.39 is 0 Å². The van der Waals surface area contributed by atoms with Crippen LogP contribution in [0.15, 0.2) is 328 Å². The van der Waals surface area contributed by atoms with Gasteiger partial charge in [-0.1, -0.05) is 291 Å². The Bertz CT molecular complexity index is 6370. The van der Waals surface area contributed by atoms with Gasteiger partial charge in [0.2, 0.25) is 0 Å². The highest BCUT2D eigenvalue weighted by Crippen LogP contribution is 2.46. The largest absolute Gasteiger partial charge is 0.208 e. The zero-order valence-electron chi connectivity index (χ0n) is 52.7. The van der Waals surface area contributed by atoms with Crippen molar-refractivity contribution in [2.45, 2.75) is 0 Å². The molecular formula is C90H54N6S2. The summed E-state index contributed by atoms with van der Waals surface area (Å²) in [6.45, 7) is 0. The summed E-state index contributed by atoms with van der Waals surface area (Å²) in [6, 6.07) is 117. The average molecular weight is 1280 g/mol. The first-order valence-electron chi connectivity index (χ1n) is 32.9. The Morgan fingerprint density at radius 2 is 0.551 bits per heavy atom. The minimum atomic E-state index is 0.605. The zero-order chi connectivity index (χ0) is 64.6. The highest BCUT2D eigenvalue weighted by Gasteiger charge is 2.23. The third-order valence-electron chi connectivity index (χ3n) is 19.0. The molecule has 0 saturated heterocycles. The summed E-state index contributed by atoms with van der Waals surface area (Å²) in [7, 11) is 0. The highest BCUT2D eigenvalue weighted by molar-refractivity contribution is 7.26. The van der Waals surface area contributed by atoms with Gasteiger partial charge < -0.3 is 0 Å². The fourth-order valence-corrected chi connectivity index (χ4v) is 16.8. The van der Waals surface area contributed by atoms with E-state index in [9.17, 15) is 0 Å². The predicted octanol–water partition coefficient (Wildman–Crippen LogP) is 24.6. The zero-order valence-corrected chi connectivity index (χ0v) is 54.3. The molecule has 19 rings (SSSR count). The molecule has 0 radical (unpaired) electrons. The predicted molar refractivity (Wildman–Crippen MR) is 411 cm³/mol. The Balaban J connectivity index is 0.701. The molecule has 0 fully saturated rings. The molecule has 0 saturated carbocycles. The van der Waals surface area contributed by atoms with Crippen LogP contribution in [0.25, 0.3) is 197 Å². The van der Waals surface area contributed by atoms with Crippen LogP contribution < -0.4 is 0 Å². The van der Waals surface area contributed by atoms with E-state index in [1.165, 1.54) is 52.7 Å². The minimum Gasteiger partial charge on any atom is -0.208 e. The quantitative estimate of drug-likeness (QED) is 0.120. The van der Waals surface area contributed by atoms with Crippen LogP contribution >= 0.6 is 22.7 Å². The number of thiophene rings is 2. The van der Waals surface area contributed by atoms with Gasteiger partial charge in [0, 0.05) is 73.7 Å². The van der Waals surface area contributed by atoms with Crippen LogP contribution in [0.3, 0.4) is 0 Å². The van der Waals surface area contributed by atoms with Crippen LogP contribution in [0.5, 0.6) is 0 Å². The summed E-state index contributed by atoms with van der Waals surface area (Å²) in [5.41, 5.74) is 16.7. The van der Waals surface area contributed by atoms with Crippen LogP contribution in [-0.2, 0) is 0 Å². The van der Waals surface area contributed by atoms with Crippen molar-refractivity contribution < 1.29 is 0 Å². The van der Waals surface area contributed by atoms with Gasteiger partial charge >= 0.3 is 0 Å². The average Bonchev–Trinajstić information content (AvgIpc) is 0.877. The smallest absolute Gasteiger partial charge is 0.165 e. The van der Waals surface area contributed by atoms with Crippen LogP contribution in [0.1, 0.15) is 0 Å². The van der Waals surface area contributed by atoms with E-state index in [0.717, 1.165) is 109 Å². The van der Waals surface area contributed by atoms with E-state index in [1.54, 1.807) is 22.7 Å². The van der Waals surface area contributed by atoms with Crippen LogP contribution in [-0.4, -0.2) is 29.9 Å². The fourth-order valence-electron chi connectivity index (χ4n) is 14.4. The minimum absolute atomic E-state index is 0.605. The maximum absolute atomic E-state index is 5.49. The Morgan fingerprint density at radius 3 is 1.18 bits per heavy atom. The molecule has 0 aliphatic carbocycles. The number of hydrogen-bond acceptors (Lipinski definition) is 8. The molecule has 4 heterocycles. The van der Waals surface area contributed by atoms with Crippen LogP contribution in [0.4, 0.5) is 0 Å². The van der Waals surface area contributed by atoms with Crippen molar-refractivity contribution in [2.75, 3.05) is 0 Å². The van der Waals surface area contributed by atoms with Crippen molar-refractivity contribution in [2.24, 2.45) is 0 Å². The number of aromatic nitrogens is 6. The van der Waals surface area contributed by atoms with Gasteiger partial charge in [-0.25, -0.2) is 29.9 Å². The first-order chi connectivity index (χ1) is 48.6. The van der Waals surface area contributed by atoms with Crippen molar-refractivity contribution >= 4 is 95.3 Å². The van der Waals surface area contributed by atoms with Gasteiger partial charge in [0.25, 0.3) is 0 Å². The van der Waals surface area contributed by atoms with E-state index in [4.69, 9.17) is 29.9 Å². The molecule has 0 N–H and O–H groups in total. The first-order valence-corrected chi connectivity index (χ1v) is 34.5. The van der Waals surface area contributed by atoms with E-state index in [0.29, 0.717) is 34.9 Å². The number of fused-ring (bicyclic) bond motifs is 10. The van der Waals surface area contributed by atoms with Crippen molar-refractivity contribution in [3.8, 4) is 124 Å². The van der Waals surface area contributed by atoms with E-state index in [-0.39, 0.29) is 0 Å². The summed E-state index contributed by atoms with van der Waals surface area (Å²) >= 11 is 3.56. The van der Waals surface area contributed by atoms with Gasteiger partial charge in [-0.2, -0.15) is 0 Å². The van der Waals surface area contributed by atoms with Crippen molar-refractivity contribution in [1.29, 1.82) is 0 Å². The second kappa shape index (κ2) is 23.8. The molecule has 456 valence electrons. The molecule has 98 heavy (non-hydrogen) atoms. The molecule has 0 atom stereocenters. The SMILES string of the molecule is c1ccc(-c2ccccc2-c2nc(-c3ccc(-c4cccc(-c5cccc6cc(-c7ccccc7-c7nc(-c8ccc(-c9cccc%10ccccc9%10)cc8)nc(-c8cccc9c8sc8ccccc89)n7)c7ccccc7c56)c4)cc3)nc(-c3cccc4c3sc3ccccc34)n2)cc1. The maximum atomic E-state index is 5.49. The number of benzene rings is 15. The molecule has 0 amide bonds. The van der Waals surface area contributed by atoms with Gasteiger partial charge in [0.05, 0.1) is 0 Å². The molecule has 0 spiro atoms. The molecule has 0 aliphatic rings. The van der Waals surface area contributed by atoms with Crippen LogP contribution in [0, 0.1) is 0 Å². The van der Waals surface area contributed by atoms with Gasteiger partial charge in [0.1, 0.15) is 0 Å². The Kier molecular flexibility index (Phi) is 13.8. The molecule has 15 aromatic carbocycles. The molecule has 6 nitrogen and oxygen atoms in total. The molecule has 4 aromatic heterocycles. The lowest BCUT2D eigenvalue weighted by Crippen LogP contribution is -2.01. The van der Waals surface area contributed by atoms with Crippen molar-refractivity contribution in [3.63, 3.8) is 0 Å². The summed E-state index contributed by atoms with van der Waals surface area (Å²) < 4.78 is 4.76. The second-order valence-electron chi connectivity index (χ2n) is 24.8. The third-order valence-corrected chi connectivity index (χ3v) is 21.5. The lowest BCUT2D eigenvalue weighted by molar-refractivity contribution is 1.08. The molecule has 0 unspecified atom stereocenters. The summed E-state index contributed by atoms with van der Waals surface area (Å²) in [5, 5.41) is 11.9. The lowest BCUT2D eigenvalue weighted by Gasteiger charge is -2.17. The molecule has 0 bridgehead atoms. The van der Waals surface area contributed by atoms with E-state index in [1.807, 2.05) is 6.07 Å². The van der Waals surface area contributed by atoms with Crippen molar-refractivity contribution in [3.05, 3.63) is 328 Å². The Labute approximate surface area is 572 Å². The number of rotatable bonds is 11. The Morgan fingerprint density at radius 1 is 0.173 bits per heavy atom. The topological polar surface area (TPSA) is 77.3 Å². The second-order valence-corrected chi connectivity index (χ2v) is 26.9. The van der Waals surface area contributed by atoms with E-state index in [2.05, 4.69) is 322 Å². The van der Waals surface area contributed by atoms with E-state index >= 15 is 0 Å². The third kappa shape index (κ3) is 9.92. The Hall–Kier alpha value is -12.5. The number of hydrogen-bond donors (Lipinski definition) is 0. The number of nitrogens with zero attached hydrogens (tertiary/aromatic N) is 6. The standard InChI is InChI=1S/C90H54N6S2/c1-2-21-56(22-3-1)66-29-6-10-35-75(66)87-91-85(93-89(95-87)77-41-19-39-73-70-32-12-14-43-80(70)97-83(73)77)59-49-45-55(46-50-59)61-25-16-26-62(53-61)67-38-18-27-63-54-79(68-30-7-9-34-72(68)82(63)67)69-31-8-11-36-76(69)88-92-86(60-51-47-58(48-52-60)65-37-17-24-57-23-4-5-28-64(57)65)94-90(96-88)78-42-20-40-74-71-33-13-15-44-81(71)98-84(74)78/h1-54H. The van der Waals surface area contributed by atoms with Gasteiger partial charge in [-0.3, -0.25) is 0 Å². The summed E-state index contributed by atoms with van der Waals surface area (Å²) in [4.78, 5) is 32.2. The van der Waals surface area contributed by atoms with Gasteiger partial charge in [0.15, 0.2) is 34.9 Å². The molecular weight excluding hydrogens is 1230 g/mol. The fraction of sp³-hybridized carbons (Fsp3) is 0. The monoisotopic (exact) mass is 1280 g/mol. The van der Waals surface area contributed by atoms with Gasteiger partial charge in [-0.15, -0.1) is 22.7 Å². The molecule has 19 aromatic rings. The normalized spacial score (nSPS) is 11.7. The van der Waals surface area contributed by atoms with Crippen LogP contribution in [0.2, 0.25) is 0 Å². The highest BCUT2D eigenvalue weighted by atomic mass is 32.1. The lowest BCUT2D eigenvalue weighted by atomic mass is 9.87. The summed E-state index contributed by atoms with van der Waals surface area (Å²) in [5.74, 6) is 3.71. The summed E-state index contributed by atoms with van der Waals surface area (Å²) in [6.07, 6.45) is 0.